The number of nitrogens with one attached hydrogen (secondary N) is 1. The number of carbonyl (C=O) groups excluding carboxylic acids is 1. The van der Waals surface area contributed by atoms with E-state index in [1.165, 1.54) is 0 Å². The van der Waals surface area contributed by atoms with Crippen LogP contribution in [0.1, 0.15) is 12.5 Å². The molecular formula is C23H24N2O4S. The molecule has 1 amide bonds. The molecule has 0 saturated heterocycles. The minimum Gasteiger partial charge on any atom is -0.457 e. The Bertz CT molecular complexity index is 1080. The molecule has 0 aliphatic carbocycles. The highest BCUT2D eigenvalue weighted by Crippen LogP contribution is 2.23. The lowest BCUT2D eigenvalue weighted by Gasteiger charge is -2.20. The lowest BCUT2D eigenvalue weighted by Crippen LogP contribution is -2.37. The third-order valence-electron chi connectivity index (χ3n) is 4.45. The topological polar surface area (TPSA) is 75.7 Å². The number of rotatable bonds is 8. The average Bonchev–Trinajstić information content (AvgIpc) is 2.74. The fourth-order valence-corrected chi connectivity index (χ4v) is 4.22. The van der Waals surface area contributed by atoms with E-state index in [1.807, 2.05) is 37.3 Å². The number of aryl methyl sites for hydroxylation is 1. The second-order valence-electron chi connectivity index (χ2n) is 6.73. The van der Waals surface area contributed by atoms with Crippen LogP contribution in [0.2, 0.25) is 0 Å². The summed E-state index contributed by atoms with van der Waals surface area (Å²) in [6, 6.07) is 22.8. The second kappa shape index (κ2) is 9.56. The lowest BCUT2D eigenvalue weighted by atomic mass is 10.2. The molecule has 0 saturated carbocycles. The van der Waals surface area contributed by atoms with Crippen molar-refractivity contribution < 1.29 is 17.9 Å². The number of sulfonamides is 1. The summed E-state index contributed by atoms with van der Waals surface area (Å²) in [7, 11) is -3.74. The SMILES string of the molecule is CCN(CC(=O)Nc1ccc(Oc2ccccc2)cc1)S(=O)(=O)c1ccc(C)cc1. The van der Waals surface area contributed by atoms with Crippen LogP contribution in [0.5, 0.6) is 11.5 Å². The molecule has 0 fully saturated rings. The van der Waals surface area contributed by atoms with Crippen LogP contribution in [-0.4, -0.2) is 31.7 Å². The number of likely N-dealkylation sites (N-methyl/N-ethyl adjacent to an activating group) is 1. The van der Waals surface area contributed by atoms with Gasteiger partial charge in [-0.05, 0) is 55.5 Å². The first kappa shape index (κ1) is 21.5. The summed E-state index contributed by atoms with van der Waals surface area (Å²) < 4.78 is 32.5. The first-order valence-electron chi connectivity index (χ1n) is 9.58. The van der Waals surface area contributed by atoms with Crippen molar-refractivity contribution in [3.63, 3.8) is 0 Å². The van der Waals surface area contributed by atoms with E-state index in [9.17, 15) is 13.2 Å². The first-order valence-corrected chi connectivity index (χ1v) is 11.0. The maximum absolute atomic E-state index is 12.8. The van der Waals surface area contributed by atoms with Gasteiger partial charge in [0.25, 0.3) is 0 Å². The van der Waals surface area contributed by atoms with Crippen LogP contribution in [0.4, 0.5) is 5.69 Å². The summed E-state index contributed by atoms with van der Waals surface area (Å²) in [5.74, 6) is 0.940. The molecule has 156 valence electrons. The number of carbonyl (C=O) groups is 1. The molecule has 3 aromatic carbocycles. The van der Waals surface area contributed by atoms with Crippen LogP contribution in [0.3, 0.4) is 0 Å². The summed E-state index contributed by atoms with van der Waals surface area (Å²) in [5, 5.41) is 2.73. The maximum Gasteiger partial charge on any atom is 0.243 e. The van der Waals surface area contributed by atoms with Crippen LogP contribution in [-0.2, 0) is 14.8 Å². The molecule has 3 rings (SSSR count). The van der Waals surface area contributed by atoms with Crippen LogP contribution in [0, 0.1) is 6.92 Å². The van der Waals surface area contributed by atoms with Crippen molar-refractivity contribution in [1.82, 2.24) is 4.31 Å². The molecule has 6 nitrogen and oxygen atoms in total. The van der Waals surface area contributed by atoms with Gasteiger partial charge in [-0.15, -0.1) is 0 Å². The lowest BCUT2D eigenvalue weighted by molar-refractivity contribution is -0.116. The maximum atomic E-state index is 12.8. The number of hydrogen-bond donors (Lipinski definition) is 1. The molecule has 0 aliphatic rings. The van der Waals surface area contributed by atoms with Gasteiger partial charge in [-0.2, -0.15) is 4.31 Å². The standard InChI is InChI=1S/C23H24N2O4S/c1-3-25(30(27,28)22-15-9-18(2)10-16-22)17-23(26)24-19-11-13-21(14-12-19)29-20-7-5-4-6-8-20/h4-16H,3,17H2,1-2H3,(H,24,26). The molecular weight excluding hydrogens is 400 g/mol. The van der Waals surface area contributed by atoms with Crippen molar-refractivity contribution >= 4 is 21.6 Å². The van der Waals surface area contributed by atoms with Gasteiger partial charge in [0.15, 0.2) is 0 Å². The third-order valence-corrected chi connectivity index (χ3v) is 6.38. The second-order valence-corrected chi connectivity index (χ2v) is 8.67. The predicted molar refractivity (Wildman–Crippen MR) is 117 cm³/mol. The summed E-state index contributed by atoms with van der Waals surface area (Å²) in [6.07, 6.45) is 0. The zero-order valence-corrected chi connectivity index (χ0v) is 17.7. The number of nitrogens with zero attached hydrogens (tertiary/aromatic N) is 1. The van der Waals surface area contributed by atoms with Crippen molar-refractivity contribution in [3.8, 4) is 11.5 Å². The van der Waals surface area contributed by atoms with Crippen molar-refractivity contribution in [2.75, 3.05) is 18.4 Å². The van der Waals surface area contributed by atoms with Gasteiger partial charge in [-0.3, -0.25) is 4.79 Å². The quantitative estimate of drug-likeness (QED) is 0.580. The van der Waals surface area contributed by atoms with Gasteiger partial charge in [0, 0.05) is 12.2 Å². The normalized spacial score (nSPS) is 11.3. The van der Waals surface area contributed by atoms with E-state index in [-0.39, 0.29) is 18.0 Å². The zero-order valence-electron chi connectivity index (χ0n) is 16.9. The number of para-hydroxylation sites is 1. The number of ether oxygens (including phenoxy) is 1. The van der Waals surface area contributed by atoms with E-state index in [0.717, 1.165) is 9.87 Å². The number of hydrogen-bond acceptors (Lipinski definition) is 4. The van der Waals surface area contributed by atoms with Gasteiger partial charge < -0.3 is 10.1 Å². The first-order chi connectivity index (χ1) is 14.4. The monoisotopic (exact) mass is 424 g/mol. The van der Waals surface area contributed by atoms with Crippen LogP contribution in [0.25, 0.3) is 0 Å². The summed E-state index contributed by atoms with van der Waals surface area (Å²) in [4.78, 5) is 12.6. The molecule has 0 heterocycles. The van der Waals surface area contributed by atoms with E-state index in [2.05, 4.69) is 5.32 Å². The fraction of sp³-hybridized carbons (Fsp3) is 0.174. The summed E-state index contributed by atoms with van der Waals surface area (Å²) in [6.45, 7) is 3.51. The van der Waals surface area contributed by atoms with Crippen molar-refractivity contribution in [2.24, 2.45) is 0 Å². The van der Waals surface area contributed by atoms with Crippen LogP contribution in [0.15, 0.2) is 83.8 Å². The zero-order chi connectivity index (χ0) is 21.6. The molecule has 1 N–H and O–H groups in total. The van der Waals surface area contributed by atoms with Gasteiger partial charge in [0.2, 0.25) is 15.9 Å². The van der Waals surface area contributed by atoms with Crippen molar-refractivity contribution in [1.29, 1.82) is 0 Å². The van der Waals surface area contributed by atoms with Gasteiger partial charge in [0.1, 0.15) is 11.5 Å². The third kappa shape index (κ3) is 5.46. The molecule has 0 unspecified atom stereocenters. The van der Waals surface area contributed by atoms with Gasteiger partial charge in [0.05, 0.1) is 11.4 Å². The molecule has 0 radical (unpaired) electrons. The number of amides is 1. The smallest absolute Gasteiger partial charge is 0.243 e. The molecule has 0 atom stereocenters. The van der Waals surface area contributed by atoms with Gasteiger partial charge in [-0.1, -0.05) is 42.8 Å². The van der Waals surface area contributed by atoms with E-state index in [4.69, 9.17) is 4.74 Å². The van der Waals surface area contributed by atoms with E-state index in [1.54, 1.807) is 55.5 Å². The van der Waals surface area contributed by atoms with Gasteiger partial charge >= 0.3 is 0 Å². The Balaban J connectivity index is 1.63. The minimum absolute atomic E-state index is 0.171. The average molecular weight is 425 g/mol. The van der Waals surface area contributed by atoms with Gasteiger partial charge in [-0.25, -0.2) is 8.42 Å². The fourth-order valence-electron chi connectivity index (χ4n) is 2.82. The summed E-state index contributed by atoms with van der Waals surface area (Å²) >= 11 is 0. The summed E-state index contributed by atoms with van der Waals surface area (Å²) in [5.41, 5.74) is 1.53. The van der Waals surface area contributed by atoms with E-state index in [0.29, 0.717) is 17.2 Å². The molecule has 30 heavy (non-hydrogen) atoms. The van der Waals surface area contributed by atoms with Crippen LogP contribution < -0.4 is 10.1 Å². The Kier molecular flexibility index (Phi) is 6.87. The molecule has 7 heteroatoms. The van der Waals surface area contributed by atoms with Crippen LogP contribution >= 0.6 is 0 Å². The Labute approximate surface area is 177 Å². The highest BCUT2D eigenvalue weighted by Gasteiger charge is 2.25. The minimum atomic E-state index is -3.74. The number of benzene rings is 3. The molecule has 0 spiro atoms. The number of anilines is 1. The highest BCUT2D eigenvalue weighted by molar-refractivity contribution is 7.89. The van der Waals surface area contributed by atoms with E-state index >= 15 is 0 Å². The van der Waals surface area contributed by atoms with Crippen molar-refractivity contribution in [2.45, 2.75) is 18.7 Å². The molecule has 0 aliphatic heterocycles. The van der Waals surface area contributed by atoms with E-state index < -0.39 is 15.9 Å². The Morgan fingerprint density at radius 1 is 0.900 bits per heavy atom. The largest absolute Gasteiger partial charge is 0.457 e. The highest BCUT2D eigenvalue weighted by atomic mass is 32.2. The Hall–Kier alpha value is -3.16. The Morgan fingerprint density at radius 2 is 1.50 bits per heavy atom. The Morgan fingerprint density at radius 3 is 2.10 bits per heavy atom. The molecule has 0 bridgehead atoms. The molecule has 3 aromatic rings. The predicted octanol–water partition coefficient (Wildman–Crippen LogP) is 4.44. The molecule has 0 aromatic heterocycles. The van der Waals surface area contributed by atoms with Crippen molar-refractivity contribution in [3.05, 3.63) is 84.4 Å².